The van der Waals surface area contributed by atoms with Gasteiger partial charge in [0.2, 0.25) is 10.9 Å². The van der Waals surface area contributed by atoms with Crippen molar-refractivity contribution in [2.24, 2.45) is 10.1 Å². The van der Waals surface area contributed by atoms with Gasteiger partial charge in [-0.3, -0.25) is 10.2 Å². The molecule has 5 rings (SSSR count). The number of hydrazone groups is 1. The van der Waals surface area contributed by atoms with Gasteiger partial charge in [0.15, 0.2) is 17.3 Å². The van der Waals surface area contributed by atoms with Crippen LogP contribution in [0.2, 0.25) is 0 Å². The van der Waals surface area contributed by atoms with Crippen molar-refractivity contribution in [1.29, 1.82) is 5.41 Å². The minimum atomic E-state index is -0.517. The van der Waals surface area contributed by atoms with Crippen LogP contribution >= 0.6 is 11.8 Å². The fraction of sp³-hybridized carbons (Fsp3) is 0.200. The molecule has 0 saturated heterocycles. The molecule has 0 bridgehead atoms. The van der Waals surface area contributed by atoms with Crippen LogP contribution in [0.15, 0.2) is 76.3 Å². The van der Waals surface area contributed by atoms with E-state index in [0.29, 0.717) is 39.6 Å². The molecule has 3 aromatic carbocycles. The van der Waals surface area contributed by atoms with E-state index < -0.39 is 5.91 Å². The highest BCUT2D eigenvalue weighted by Gasteiger charge is 2.36. The Kier molecular flexibility index (Phi) is 7.88. The molecule has 3 aromatic rings. The number of carbonyl (C=O) groups excluding carboxylic acids is 1. The first-order valence-corrected chi connectivity index (χ1v) is 13.3. The Morgan fingerprint density at radius 1 is 0.950 bits per heavy atom. The van der Waals surface area contributed by atoms with Gasteiger partial charge in [0, 0.05) is 5.56 Å². The molecule has 0 aliphatic carbocycles. The fourth-order valence-corrected chi connectivity index (χ4v) is 5.13. The van der Waals surface area contributed by atoms with Gasteiger partial charge in [0.1, 0.15) is 24.0 Å². The van der Waals surface area contributed by atoms with E-state index in [4.69, 9.17) is 24.4 Å². The summed E-state index contributed by atoms with van der Waals surface area (Å²) in [6.07, 6.45) is 1.58. The van der Waals surface area contributed by atoms with Gasteiger partial charge in [0.25, 0.3) is 5.91 Å². The lowest BCUT2D eigenvalue weighted by atomic mass is 10.1. The number of aliphatic imine (C=N–C) groups is 1. The lowest BCUT2D eigenvalue weighted by Crippen LogP contribution is -2.35. The van der Waals surface area contributed by atoms with Crippen LogP contribution in [0.1, 0.15) is 22.3 Å². The molecule has 0 saturated carbocycles. The molecule has 0 radical (unpaired) electrons. The maximum absolute atomic E-state index is 13.0. The summed E-state index contributed by atoms with van der Waals surface area (Å²) in [5, 5.41) is 15.7. The van der Waals surface area contributed by atoms with Crippen molar-refractivity contribution >= 4 is 39.8 Å². The van der Waals surface area contributed by atoms with Gasteiger partial charge in [-0.1, -0.05) is 42.0 Å². The number of carbonyl (C=O) groups is 1. The van der Waals surface area contributed by atoms with Gasteiger partial charge in [-0.2, -0.15) is 15.1 Å². The van der Waals surface area contributed by atoms with E-state index in [1.807, 2.05) is 62.4 Å². The van der Waals surface area contributed by atoms with Crippen LogP contribution in [0.5, 0.6) is 23.0 Å². The number of ether oxygens (including phenoxy) is 4. The lowest BCUT2D eigenvalue weighted by molar-refractivity contribution is -0.114. The van der Waals surface area contributed by atoms with Crippen molar-refractivity contribution in [3.05, 3.63) is 88.5 Å². The average Bonchev–Trinajstić information content (AvgIpc) is 3.38. The zero-order valence-electron chi connectivity index (χ0n) is 22.6. The largest absolute Gasteiger partial charge is 0.493 e. The average molecular weight is 557 g/mol. The summed E-state index contributed by atoms with van der Waals surface area (Å²) in [5.41, 5.74) is 3.82. The first-order valence-electron chi connectivity index (χ1n) is 12.5. The van der Waals surface area contributed by atoms with Crippen LogP contribution in [0.25, 0.3) is 6.08 Å². The Morgan fingerprint density at radius 2 is 1.62 bits per heavy atom. The van der Waals surface area contributed by atoms with Crippen LogP contribution in [0.3, 0.4) is 0 Å². The number of fused-ring (bicyclic) bond motifs is 1. The van der Waals surface area contributed by atoms with Crippen molar-refractivity contribution in [3.63, 3.8) is 0 Å². The van der Waals surface area contributed by atoms with E-state index in [1.54, 1.807) is 18.2 Å². The molecule has 10 heteroatoms. The highest BCUT2D eigenvalue weighted by molar-refractivity contribution is 8.27. The van der Waals surface area contributed by atoms with Crippen LogP contribution in [0, 0.1) is 19.3 Å². The second kappa shape index (κ2) is 11.7. The van der Waals surface area contributed by atoms with Gasteiger partial charge in [-0.15, -0.1) is 0 Å². The quantitative estimate of drug-likeness (QED) is 0.276. The first kappa shape index (κ1) is 27.0. The maximum Gasteiger partial charge on any atom is 0.283 e. The number of nitrogens with zero attached hydrogens (tertiary/aromatic N) is 3. The lowest BCUT2D eigenvalue weighted by Gasteiger charge is -2.20. The number of amidine groups is 2. The predicted octanol–water partition coefficient (Wildman–Crippen LogP) is 5.45. The van der Waals surface area contributed by atoms with Gasteiger partial charge < -0.3 is 18.9 Å². The minimum Gasteiger partial charge on any atom is -0.493 e. The van der Waals surface area contributed by atoms with Crippen molar-refractivity contribution < 1.29 is 23.7 Å². The normalized spacial score (nSPS) is 15.5. The Morgan fingerprint density at radius 3 is 2.30 bits per heavy atom. The molecule has 0 fully saturated rings. The maximum atomic E-state index is 13.0. The number of benzene rings is 3. The Balaban J connectivity index is 1.35. The van der Waals surface area contributed by atoms with Crippen LogP contribution in [0.4, 0.5) is 0 Å². The molecule has 9 nitrogen and oxygen atoms in total. The van der Waals surface area contributed by atoms with E-state index in [2.05, 4.69) is 10.1 Å². The number of methoxy groups -OCH3 is 2. The number of nitrogens with one attached hydrogen (secondary N) is 1. The first-order chi connectivity index (χ1) is 19.4. The molecule has 1 N–H and O–H groups in total. The van der Waals surface area contributed by atoms with Gasteiger partial charge in [-0.25, -0.2) is 0 Å². The van der Waals surface area contributed by atoms with E-state index in [9.17, 15) is 4.79 Å². The Hall–Kier alpha value is -4.57. The summed E-state index contributed by atoms with van der Waals surface area (Å²) in [5.74, 6) is 1.42. The van der Waals surface area contributed by atoms with Crippen LogP contribution < -0.4 is 18.9 Å². The van der Waals surface area contributed by atoms with Crippen molar-refractivity contribution in [2.75, 3.05) is 27.4 Å². The van der Waals surface area contributed by atoms with Gasteiger partial charge in [-0.05, 0) is 67.1 Å². The standard InChI is InChI=1S/C30H28N4O5S/c1-18-9-11-21(12-10-18)38-13-14-39-26-24(36-3)16-20(17-25(26)37-4)15-23-27(31)34-30(32-28(23)35)40-29(33-34)22-8-6-5-7-19(22)2/h5-12,15-17,31H,13-14H2,1-4H3/b23-15+,31-27?. The molecule has 2 aliphatic rings. The van der Waals surface area contributed by atoms with E-state index in [-0.39, 0.29) is 18.0 Å². The predicted molar refractivity (Wildman–Crippen MR) is 157 cm³/mol. The number of aryl methyl sites for hydroxylation is 2. The number of hydrogen-bond donors (Lipinski definition) is 1. The van der Waals surface area contributed by atoms with Crippen LogP contribution in [-0.2, 0) is 4.79 Å². The molecule has 2 heterocycles. The summed E-state index contributed by atoms with van der Waals surface area (Å²) in [6, 6.07) is 19.0. The number of thioether (sulfide) groups is 1. The third-order valence-electron chi connectivity index (χ3n) is 6.24. The SMILES string of the molecule is COc1cc(/C=C2\C(=N)N3N=C(c4ccccc4C)SC3=NC2=O)cc(OC)c1OCCOc1ccc(C)cc1. The summed E-state index contributed by atoms with van der Waals surface area (Å²) < 4.78 is 22.8. The molecule has 0 aromatic heterocycles. The Labute approximate surface area is 236 Å². The molecule has 1 amide bonds. The zero-order chi connectivity index (χ0) is 28.2. The summed E-state index contributed by atoms with van der Waals surface area (Å²) in [7, 11) is 3.05. The molecular formula is C30H28N4O5S. The summed E-state index contributed by atoms with van der Waals surface area (Å²) >= 11 is 1.27. The van der Waals surface area contributed by atoms with Gasteiger partial charge in [0.05, 0.1) is 19.8 Å². The molecule has 0 spiro atoms. The molecule has 40 heavy (non-hydrogen) atoms. The minimum absolute atomic E-state index is 0.0578. The zero-order valence-corrected chi connectivity index (χ0v) is 23.4. The molecule has 204 valence electrons. The fourth-order valence-electron chi connectivity index (χ4n) is 4.14. The second-order valence-corrected chi connectivity index (χ2v) is 9.96. The van der Waals surface area contributed by atoms with E-state index in [1.165, 1.54) is 31.0 Å². The third kappa shape index (κ3) is 5.57. The third-order valence-corrected chi connectivity index (χ3v) is 7.19. The summed E-state index contributed by atoms with van der Waals surface area (Å²) in [6.45, 7) is 4.59. The topological polar surface area (TPSA) is 106 Å². The molecular weight excluding hydrogens is 528 g/mol. The Bertz CT molecular complexity index is 1540. The van der Waals surface area contributed by atoms with E-state index >= 15 is 0 Å². The number of amides is 1. The molecule has 0 unspecified atom stereocenters. The van der Waals surface area contributed by atoms with Gasteiger partial charge >= 0.3 is 0 Å². The van der Waals surface area contributed by atoms with Crippen molar-refractivity contribution in [1.82, 2.24) is 5.01 Å². The highest BCUT2D eigenvalue weighted by Crippen LogP contribution is 2.40. The number of hydrogen-bond acceptors (Lipinski definition) is 8. The monoisotopic (exact) mass is 556 g/mol. The van der Waals surface area contributed by atoms with Crippen LogP contribution in [-0.4, -0.2) is 54.4 Å². The van der Waals surface area contributed by atoms with E-state index in [0.717, 1.165) is 22.4 Å². The molecule has 0 atom stereocenters. The second-order valence-electron chi connectivity index (χ2n) is 9.00. The van der Waals surface area contributed by atoms with Crippen molar-refractivity contribution in [2.45, 2.75) is 13.8 Å². The van der Waals surface area contributed by atoms with Crippen molar-refractivity contribution in [3.8, 4) is 23.0 Å². The number of rotatable bonds is 9. The molecule has 2 aliphatic heterocycles. The highest BCUT2D eigenvalue weighted by atomic mass is 32.2. The summed E-state index contributed by atoms with van der Waals surface area (Å²) in [4.78, 5) is 17.2. The smallest absolute Gasteiger partial charge is 0.283 e.